The largest absolute Gasteiger partial charge is 0.489 e. The number of hydrogen-bond acceptors (Lipinski definition) is 3. The van der Waals surface area contributed by atoms with Crippen LogP contribution < -0.4 is 10.1 Å². The molecule has 3 rings (SSSR count). The van der Waals surface area contributed by atoms with Crippen LogP contribution in [0.4, 0.5) is 0 Å². The third-order valence-corrected chi connectivity index (χ3v) is 5.00. The lowest BCUT2D eigenvalue weighted by molar-refractivity contribution is 0.306. The number of hydrogen-bond donors (Lipinski definition) is 1. The fraction of sp³-hybridized carbons (Fsp3) is 0.158. The molecular formula is C19H17Cl2NOS. The highest BCUT2D eigenvalue weighted by molar-refractivity contribution is 7.09. The van der Waals surface area contributed by atoms with Crippen LogP contribution in [0.1, 0.15) is 16.0 Å². The lowest BCUT2D eigenvalue weighted by atomic mass is 10.2. The molecule has 0 aliphatic heterocycles. The fourth-order valence-electron chi connectivity index (χ4n) is 2.25. The van der Waals surface area contributed by atoms with E-state index in [4.69, 9.17) is 27.9 Å². The first-order valence-corrected chi connectivity index (χ1v) is 9.23. The van der Waals surface area contributed by atoms with Crippen molar-refractivity contribution in [3.63, 3.8) is 0 Å². The highest BCUT2D eigenvalue weighted by Crippen LogP contribution is 2.23. The Morgan fingerprint density at radius 1 is 0.958 bits per heavy atom. The molecule has 0 fully saturated rings. The van der Waals surface area contributed by atoms with Gasteiger partial charge in [-0.2, -0.15) is 0 Å². The molecule has 124 valence electrons. The quantitative estimate of drug-likeness (QED) is 0.551. The summed E-state index contributed by atoms with van der Waals surface area (Å²) >= 11 is 13.8. The maximum absolute atomic E-state index is 6.15. The van der Waals surface area contributed by atoms with Crippen molar-refractivity contribution >= 4 is 34.5 Å². The van der Waals surface area contributed by atoms with Gasteiger partial charge in [-0.15, -0.1) is 11.3 Å². The highest BCUT2D eigenvalue weighted by atomic mass is 35.5. The van der Waals surface area contributed by atoms with Crippen LogP contribution in [0.2, 0.25) is 10.0 Å². The molecule has 24 heavy (non-hydrogen) atoms. The highest BCUT2D eigenvalue weighted by Gasteiger charge is 2.03. The molecule has 0 atom stereocenters. The Morgan fingerprint density at radius 3 is 2.50 bits per heavy atom. The molecule has 0 spiro atoms. The number of ether oxygens (including phenoxy) is 1. The number of halogens is 2. The van der Waals surface area contributed by atoms with Gasteiger partial charge in [0.25, 0.3) is 0 Å². The van der Waals surface area contributed by atoms with Crippen molar-refractivity contribution in [2.24, 2.45) is 0 Å². The van der Waals surface area contributed by atoms with Crippen molar-refractivity contribution in [1.29, 1.82) is 0 Å². The van der Waals surface area contributed by atoms with Crippen molar-refractivity contribution in [3.8, 4) is 5.75 Å². The number of benzene rings is 2. The summed E-state index contributed by atoms with van der Waals surface area (Å²) in [5.41, 5.74) is 2.14. The van der Waals surface area contributed by atoms with Gasteiger partial charge < -0.3 is 10.1 Å². The fourth-order valence-corrected chi connectivity index (χ4v) is 3.38. The minimum atomic E-state index is 0.423. The average molecular weight is 378 g/mol. The minimum absolute atomic E-state index is 0.423. The Morgan fingerprint density at radius 2 is 1.79 bits per heavy atom. The van der Waals surface area contributed by atoms with Crippen LogP contribution in [0.25, 0.3) is 0 Å². The molecule has 0 radical (unpaired) electrons. The van der Waals surface area contributed by atoms with Gasteiger partial charge >= 0.3 is 0 Å². The SMILES string of the molecule is Clc1ccc(COc2ccc(CNCc3cccs3)cc2)c(Cl)c1. The molecule has 2 aromatic carbocycles. The van der Waals surface area contributed by atoms with Gasteiger partial charge in [0.1, 0.15) is 12.4 Å². The molecule has 1 heterocycles. The smallest absolute Gasteiger partial charge is 0.119 e. The summed E-state index contributed by atoms with van der Waals surface area (Å²) in [6, 6.07) is 17.7. The predicted octanol–water partition coefficient (Wildman–Crippen LogP) is 5.92. The van der Waals surface area contributed by atoms with Crippen LogP contribution in [0.3, 0.4) is 0 Å². The summed E-state index contributed by atoms with van der Waals surface area (Å²) in [4.78, 5) is 1.34. The van der Waals surface area contributed by atoms with E-state index in [1.54, 1.807) is 17.4 Å². The molecule has 0 unspecified atom stereocenters. The Hall–Kier alpha value is -1.52. The standard InChI is InChI=1S/C19H17Cl2NOS/c20-16-6-5-15(19(21)10-16)13-23-17-7-3-14(4-8-17)11-22-12-18-2-1-9-24-18/h1-10,22H,11-13H2. The van der Waals surface area contributed by atoms with Gasteiger partial charge in [-0.3, -0.25) is 0 Å². The maximum Gasteiger partial charge on any atom is 0.119 e. The van der Waals surface area contributed by atoms with Gasteiger partial charge in [0.15, 0.2) is 0 Å². The first kappa shape index (κ1) is 17.3. The summed E-state index contributed by atoms with van der Waals surface area (Å²) < 4.78 is 5.78. The van der Waals surface area contributed by atoms with Gasteiger partial charge in [0.2, 0.25) is 0 Å². The van der Waals surface area contributed by atoms with Crippen molar-refractivity contribution in [2.45, 2.75) is 19.7 Å². The second-order valence-corrected chi connectivity index (χ2v) is 7.23. The lowest BCUT2D eigenvalue weighted by Crippen LogP contribution is -2.11. The van der Waals surface area contributed by atoms with Crippen molar-refractivity contribution < 1.29 is 4.74 Å². The number of rotatable bonds is 7. The van der Waals surface area contributed by atoms with E-state index in [0.29, 0.717) is 16.7 Å². The first-order chi connectivity index (χ1) is 11.7. The molecule has 5 heteroatoms. The molecule has 0 saturated heterocycles. The second-order valence-electron chi connectivity index (χ2n) is 5.35. The summed E-state index contributed by atoms with van der Waals surface area (Å²) in [6.45, 7) is 2.15. The second kappa shape index (κ2) is 8.54. The third kappa shape index (κ3) is 4.99. The van der Waals surface area contributed by atoms with E-state index in [-0.39, 0.29) is 0 Å². The van der Waals surface area contributed by atoms with Crippen molar-refractivity contribution in [3.05, 3.63) is 86.0 Å². The summed E-state index contributed by atoms with van der Waals surface area (Å²) in [5, 5.41) is 6.78. The molecule has 0 amide bonds. The van der Waals surface area contributed by atoms with Crippen LogP contribution in [-0.2, 0) is 19.7 Å². The molecule has 0 aliphatic rings. The predicted molar refractivity (Wildman–Crippen MR) is 102 cm³/mol. The zero-order valence-corrected chi connectivity index (χ0v) is 15.3. The van der Waals surface area contributed by atoms with Crippen LogP contribution in [0.5, 0.6) is 5.75 Å². The normalized spacial score (nSPS) is 10.8. The third-order valence-electron chi connectivity index (χ3n) is 3.54. The molecule has 3 aromatic rings. The van der Waals surface area contributed by atoms with E-state index >= 15 is 0 Å². The molecule has 2 nitrogen and oxygen atoms in total. The number of thiophene rings is 1. The van der Waals surface area contributed by atoms with E-state index in [2.05, 4.69) is 35.0 Å². The summed E-state index contributed by atoms with van der Waals surface area (Å²) in [5.74, 6) is 0.822. The lowest BCUT2D eigenvalue weighted by Gasteiger charge is -2.09. The van der Waals surface area contributed by atoms with Gasteiger partial charge in [-0.1, -0.05) is 47.5 Å². The molecule has 1 N–H and O–H groups in total. The van der Waals surface area contributed by atoms with Gasteiger partial charge in [0, 0.05) is 33.6 Å². The zero-order valence-electron chi connectivity index (χ0n) is 13.0. The Labute approximate surface area is 156 Å². The van der Waals surface area contributed by atoms with Crippen LogP contribution in [0.15, 0.2) is 60.0 Å². The van der Waals surface area contributed by atoms with E-state index in [1.165, 1.54) is 10.4 Å². The Balaban J connectivity index is 1.49. The summed E-state index contributed by atoms with van der Waals surface area (Å²) in [6.07, 6.45) is 0. The Bertz CT molecular complexity index is 773. The van der Waals surface area contributed by atoms with Gasteiger partial charge in [-0.25, -0.2) is 0 Å². The minimum Gasteiger partial charge on any atom is -0.489 e. The van der Waals surface area contributed by atoms with Crippen LogP contribution >= 0.6 is 34.5 Å². The Kier molecular flexibility index (Phi) is 6.16. The first-order valence-electron chi connectivity index (χ1n) is 7.59. The molecule has 0 aliphatic carbocycles. The van der Waals surface area contributed by atoms with Crippen LogP contribution in [-0.4, -0.2) is 0 Å². The topological polar surface area (TPSA) is 21.3 Å². The van der Waals surface area contributed by atoms with Gasteiger partial charge in [0.05, 0.1) is 0 Å². The average Bonchev–Trinajstić information content (AvgIpc) is 3.09. The van der Waals surface area contributed by atoms with E-state index in [9.17, 15) is 0 Å². The molecule has 1 aromatic heterocycles. The van der Waals surface area contributed by atoms with Crippen LogP contribution in [0, 0.1) is 0 Å². The van der Waals surface area contributed by atoms with E-state index in [0.717, 1.165) is 24.4 Å². The van der Waals surface area contributed by atoms with E-state index in [1.807, 2.05) is 24.3 Å². The monoisotopic (exact) mass is 377 g/mol. The maximum atomic E-state index is 6.15. The molecular weight excluding hydrogens is 361 g/mol. The van der Waals surface area contributed by atoms with Crippen molar-refractivity contribution in [1.82, 2.24) is 5.32 Å². The van der Waals surface area contributed by atoms with E-state index < -0.39 is 0 Å². The summed E-state index contributed by atoms with van der Waals surface area (Å²) in [7, 11) is 0. The number of nitrogens with one attached hydrogen (secondary N) is 1. The van der Waals surface area contributed by atoms with Crippen molar-refractivity contribution in [2.75, 3.05) is 0 Å². The van der Waals surface area contributed by atoms with Gasteiger partial charge in [-0.05, 0) is 41.3 Å². The zero-order chi connectivity index (χ0) is 16.8. The molecule has 0 bridgehead atoms. The molecule has 0 saturated carbocycles.